The van der Waals surface area contributed by atoms with Gasteiger partial charge in [-0.3, -0.25) is 4.79 Å². The predicted molar refractivity (Wildman–Crippen MR) is 110 cm³/mol. The van der Waals surface area contributed by atoms with E-state index < -0.39 is 0 Å². The molecule has 0 atom stereocenters. The molecule has 1 amide bonds. The molecule has 1 aliphatic carbocycles. The van der Waals surface area contributed by atoms with Crippen LogP contribution in [-0.2, 0) is 4.79 Å². The van der Waals surface area contributed by atoms with Crippen LogP contribution in [0.1, 0.15) is 26.7 Å². The summed E-state index contributed by atoms with van der Waals surface area (Å²) in [7, 11) is 1.60. The zero-order chi connectivity index (χ0) is 17.4. The number of carbonyl (C=O) groups excluding carboxylic acids is 1. The van der Waals surface area contributed by atoms with E-state index >= 15 is 0 Å². The number of nitrogens with one attached hydrogen (secondary N) is 3. The van der Waals surface area contributed by atoms with E-state index in [4.69, 9.17) is 9.47 Å². The molecule has 1 aromatic carbocycles. The molecule has 1 fully saturated rings. The van der Waals surface area contributed by atoms with Gasteiger partial charge < -0.3 is 25.4 Å². The van der Waals surface area contributed by atoms with Crippen molar-refractivity contribution >= 4 is 41.5 Å². The summed E-state index contributed by atoms with van der Waals surface area (Å²) < 4.78 is 10.8. The molecule has 3 N–H and O–H groups in total. The zero-order valence-electron chi connectivity index (χ0n) is 14.9. The molecule has 25 heavy (non-hydrogen) atoms. The number of guanidine groups is 1. The summed E-state index contributed by atoms with van der Waals surface area (Å²) >= 11 is 0. The van der Waals surface area contributed by atoms with Gasteiger partial charge in [0, 0.05) is 24.3 Å². The fourth-order valence-corrected chi connectivity index (χ4v) is 2.12. The number of rotatable bonds is 8. The first kappa shape index (κ1) is 21.3. The van der Waals surface area contributed by atoms with Crippen molar-refractivity contribution in [2.75, 3.05) is 32.1 Å². The molecular weight excluding hydrogens is 435 g/mol. The molecule has 140 valence electrons. The van der Waals surface area contributed by atoms with E-state index in [2.05, 4.69) is 20.9 Å². The van der Waals surface area contributed by atoms with Crippen molar-refractivity contribution in [1.82, 2.24) is 10.6 Å². The van der Waals surface area contributed by atoms with Crippen LogP contribution in [0.2, 0.25) is 0 Å². The Morgan fingerprint density at radius 2 is 2.04 bits per heavy atom. The van der Waals surface area contributed by atoms with Crippen molar-refractivity contribution in [2.24, 2.45) is 4.99 Å². The molecule has 0 aromatic heterocycles. The van der Waals surface area contributed by atoms with Crippen molar-refractivity contribution < 1.29 is 14.3 Å². The first-order valence-electron chi connectivity index (χ1n) is 8.31. The molecule has 0 aliphatic heterocycles. The molecule has 0 unspecified atom stereocenters. The molecule has 2 rings (SSSR count). The maximum absolute atomic E-state index is 11.8. The maximum atomic E-state index is 11.8. The van der Waals surface area contributed by atoms with Gasteiger partial charge in [-0.05, 0) is 38.8 Å². The number of hydrogen-bond donors (Lipinski definition) is 3. The number of anilines is 1. The Bertz CT molecular complexity index is 591. The first-order chi connectivity index (χ1) is 11.7. The largest absolute Gasteiger partial charge is 0.493 e. The first-order valence-corrected chi connectivity index (χ1v) is 8.31. The van der Waals surface area contributed by atoms with Gasteiger partial charge in [-0.2, -0.15) is 0 Å². The number of halogens is 1. The van der Waals surface area contributed by atoms with Crippen LogP contribution in [0.4, 0.5) is 5.69 Å². The third-order valence-corrected chi connectivity index (χ3v) is 3.39. The maximum Gasteiger partial charge on any atom is 0.242 e. The lowest BCUT2D eigenvalue weighted by atomic mass is 10.2. The Hall–Kier alpha value is -1.71. The third-order valence-electron chi connectivity index (χ3n) is 3.39. The van der Waals surface area contributed by atoms with Crippen molar-refractivity contribution in [3.63, 3.8) is 0 Å². The Morgan fingerprint density at radius 1 is 1.28 bits per heavy atom. The number of methoxy groups -OCH3 is 1. The molecule has 1 aliphatic rings. The summed E-state index contributed by atoms with van der Waals surface area (Å²) in [4.78, 5) is 16.1. The third kappa shape index (κ3) is 7.37. The smallest absolute Gasteiger partial charge is 0.242 e. The van der Waals surface area contributed by atoms with Crippen LogP contribution in [0.5, 0.6) is 11.5 Å². The SMILES string of the molecule is CCNC(=NCC(=O)NC1CC1)Nc1ccc(OCC)c(OC)c1.I. The number of carbonyl (C=O) groups is 1. The average Bonchev–Trinajstić information content (AvgIpc) is 3.38. The van der Waals surface area contributed by atoms with Gasteiger partial charge in [0.15, 0.2) is 17.5 Å². The highest BCUT2D eigenvalue weighted by atomic mass is 127. The Morgan fingerprint density at radius 3 is 2.64 bits per heavy atom. The summed E-state index contributed by atoms with van der Waals surface area (Å²) in [6.07, 6.45) is 2.14. The van der Waals surface area contributed by atoms with Crippen molar-refractivity contribution in [3.05, 3.63) is 18.2 Å². The van der Waals surface area contributed by atoms with E-state index in [0.29, 0.717) is 36.7 Å². The van der Waals surface area contributed by atoms with Gasteiger partial charge in [-0.15, -0.1) is 24.0 Å². The number of amides is 1. The van der Waals surface area contributed by atoms with Gasteiger partial charge in [0.25, 0.3) is 0 Å². The Kier molecular flexibility index (Phi) is 9.40. The molecule has 8 heteroatoms. The van der Waals surface area contributed by atoms with E-state index in [0.717, 1.165) is 18.5 Å². The standard InChI is InChI=1S/C17H26N4O3.HI/c1-4-18-17(19-11-16(22)20-12-6-7-12)21-13-8-9-14(24-5-2)15(10-13)23-3;/h8-10,12H,4-7,11H2,1-3H3,(H,20,22)(H2,18,19,21);1H. The molecule has 7 nitrogen and oxygen atoms in total. The minimum Gasteiger partial charge on any atom is -0.493 e. The second kappa shape index (κ2) is 11.0. The normalized spacial score (nSPS) is 13.5. The van der Waals surface area contributed by atoms with E-state index in [1.807, 2.05) is 32.0 Å². The molecule has 0 saturated heterocycles. The molecule has 1 saturated carbocycles. The van der Waals surface area contributed by atoms with Gasteiger partial charge in [0.05, 0.1) is 13.7 Å². The topological polar surface area (TPSA) is 84.0 Å². The van der Waals surface area contributed by atoms with E-state index in [9.17, 15) is 4.79 Å². The fourth-order valence-electron chi connectivity index (χ4n) is 2.12. The van der Waals surface area contributed by atoms with Crippen LogP contribution < -0.4 is 25.4 Å². The lowest BCUT2D eigenvalue weighted by Gasteiger charge is -2.14. The zero-order valence-corrected chi connectivity index (χ0v) is 17.3. The second-order valence-corrected chi connectivity index (χ2v) is 5.46. The summed E-state index contributed by atoms with van der Waals surface area (Å²) in [6, 6.07) is 5.90. The molecule has 0 radical (unpaired) electrons. The number of nitrogens with zero attached hydrogens (tertiary/aromatic N) is 1. The molecule has 1 aromatic rings. The minimum absolute atomic E-state index is 0. The summed E-state index contributed by atoms with van der Waals surface area (Å²) in [5.74, 6) is 1.83. The van der Waals surface area contributed by atoms with Gasteiger partial charge in [-0.25, -0.2) is 4.99 Å². The Labute approximate surface area is 166 Å². The van der Waals surface area contributed by atoms with Crippen LogP contribution in [-0.4, -0.2) is 44.7 Å². The summed E-state index contributed by atoms with van der Waals surface area (Å²) in [5, 5.41) is 9.21. The lowest BCUT2D eigenvalue weighted by Crippen LogP contribution is -2.33. The number of ether oxygens (including phenoxy) is 2. The van der Waals surface area contributed by atoms with Crippen LogP contribution >= 0.6 is 24.0 Å². The molecule has 0 bridgehead atoms. The number of aliphatic imine (C=N–C) groups is 1. The van der Waals surface area contributed by atoms with Crippen molar-refractivity contribution in [1.29, 1.82) is 0 Å². The number of benzene rings is 1. The molecule has 0 spiro atoms. The highest BCUT2D eigenvalue weighted by molar-refractivity contribution is 14.0. The number of hydrogen-bond acceptors (Lipinski definition) is 4. The minimum atomic E-state index is -0.0565. The predicted octanol–water partition coefficient (Wildman–Crippen LogP) is 2.37. The highest BCUT2D eigenvalue weighted by Gasteiger charge is 2.22. The Balaban J connectivity index is 0.00000312. The lowest BCUT2D eigenvalue weighted by molar-refractivity contribution is -0.119. The second-order valence-electron chi connectivity index (χ2n) is 5.46. The molecule has 0 heterocycles. The van der Waals surface area contributed by atoms with E-state index in [1.54, 1.807) is 7.11 Å². The van der Waals surface area contributed by atoms with Gasteiger partial charge in [0.1, 0.15) is 6.54 Å². The van der Waals surface area contributed by atoms with E-state index in [-0.39, 0.29) is 36.4 Å². The van der Waals surface area contributed by atoms with Crippen LogP contribution in [0.25, 0.3) is 0 Å². The van der Waals surface area contributed by atoms with Crippen LogP contribution in [0.3, 0.4) is 0 Å². The summed E-state index contributed by atoms with van der Waals surface area (Å²) in [6.45, 7) is 5.27. The quantitative estimate of drug-likeness (QED) is 0.314. The molecular formula is C17H27IN4O3. The van der Waals surface area contributed by atoms with Crippen LogP contribution in [0.15, 0.2) is 23.2 Å². The average molecular weight is 462 g/mol. The summed E-state index contributed by atoms with van der Waals surface area (Å²) in [5.41, 5.74) is 0.803. The van der Waals surface area contributed by atoms with Gasteiger partial charge >= 0.3 is 0 Å². The highest BCUT2D eigenvalue weighted by Crippen LogP contribution is 2.30. The van der Waals surface area contributed by atoms with E-state index in [1.165, 1.54) is 0 Å². The van der Waals surface area contributed by atoms with Crippen molar-refractivity contribution in [3.8, 4) is 11.5 Å². The fraction of sp³-hybridized carbons (Fsp3) is 0.529. The van der Waals surface area contributed by atoms with Gasteiger partial charge in [-0.1, -0.05) is 0 Å². The van der Waals surface area contributed by atoms with Crippen molar-refractivity contribution in [2.45, 2.75) is 32.7 Å². The van der Waals surface area contributed by atoms with Crippen LogP contribution in [0, 0.1) is 0 Å². The monoisotopic (exact) mass is 462 g/mol. The van der Waals surface area contributed by atoms with Gasteiger partial charge in [0.2, 0.25) is 5.91 Å².